The Labute approximate surface area is 82.6 Å². The van der Waals surface area contributed by atoms with E-state index in [2.05, 4.69) is 9.97 Å². The van der Waals surface area contributed by atoms with Gasteiger partial charge in [-0.15, -0.1) is 11.3 Å². The molecule has 2 heterocycles. The third-order valence-electron chi connectivity index (χ3n) is 1.82. The topological polar surface area (TPSA) is 88.8 Å². The number of thiazole rings is 1. The van der Waals surface area contributed by atoms with E-state index < -0.39 is 5.91 Å². The van der Waals surface area contributed by atoms with Gasteiger partial charge in [-0.3, -0.25) is 9.59 Å². The van der Waals surface area contributed by atoms with Crippen molar-refractivity contribution < 1.29 is 4.79 Å². The Hall–Kier alpha value is -1.69. The molecule has 2 rings (SSSR count). The van der Waals surface area contributed by atoms with Crippen molar-refractivity contribution in [3.05, 3.63) is 27.5 Å². The maximum atomic E-state index is 11.6. The highest BCUT2D eigenvalue weighted by atomic mass is 32.1. The van der Waals surface area contributed by atoms with Gasteiger partial charge in [0.25, 0.3) is 0 Å². The van der Waals surface area contributed by atoms with E-state index in [4.69, 9.17) is 5.73 Å². The monoisotopic (exact) mass is 209 g/mol. The van der Waals surface area contributed by atoms with Crippen molar-refractivity contribution in [1.29, 1.82) is 0 Å². The number of nitrogens with one attached hydrogen (secondary N) is 1. The maximum Gasteiger partial charge on any atom is 0.222 e. The fourth-order valence-electron chi connectivity index (χ4n) is 1.20. The summed E-state index contributed by atoms with van der Waals surface area (Å²) in [5, 5.41) is 0. The van der Waals surface area contributed by atoms with Gasteiger partial charge < -0.3 is 10.7 Å². The van der Waals surface area contributed by atoms with E-state index in [1.165, 1.54) is 17.5 Å². The summed E-state index contributed by atoms with van der Waals surface area (Å²) in [4.78, 5) is 29.8. The summed E-state index contributed by atoms with van der Waals surface area (Å²) in [6.45, 7) is 0. The van der Waals surface area contributed by atoms with Crippen molar-refractivity contribution in [3.63, 3.8) is 0 Å². The van der Waals surface area contributed by atoms with Crippen LogP contribution in [0.3, 0.4) is 0 Å². The second kappa shape index (κ2) is 3.22. The van der Waals surface area contributed by atoms with Crippen LogP contribution in [-0.4, -0.2) is 15.9 Å². The summed E-state index contributed by atoms with van der Waals surface area (Å²) in [5.41, 5.74) is 7.09. The molecule has 0 radical (unpaired) electrons. The van der Waals surface area contributed by atoms with Crippen molar-refractivity contribution in [2.45, 2.75) is 6.42 Å². The van der Waals surface area contributed by atoms with E-state index in [-0.39, 0.29) is 11.8 Å². The Morgan fingerprint density at radius 2 is 2.43 bits per heavy atom. The highest BCUT2D eigenvalue weighted by Crippen LogP contribution is 2.11. The first-order valence-electron chi connectivity index (χ1n) is 3.90. The van der Waals surface area contributed by atoms with Crippen LogP contribution in [0.2, 0.25) is 0 Å². The summed E-state index contributed by atoms with van der Waals surface area (Å²) >= 11 is 1.35. The van der Waals surface area contributed by atoms with E-state index >= 15 is 0 Å². The zero-order valence-corrected chi connectivity index (χ0v) is 7.93. The minimum absolute atomic E-state index is 0.0528. The van der Waals surface area contributed by atoms with Crippen LogP contribution in [0, 0.1) is 0 Å². The normalized spacial score (nSPS) is 10.6. The molecule has 0 bridgehead atoms. The zero-order chi connectivity index (χ0) is 10.1. The molecular weight excluding hydrogens is 202 g/mol. The quantitative estimate of drug-likeness (QED) is 0.730. The fraction of sp³-hybridized carbons (Fsp3) is 0.125. The van der Waals surface area contributed by atoms with Gasteiger partial charge in [-0.2, -0.15) is 0 Å². The molecule has 0 aliphatic heterocycles. The molecule has 0 atom stereocenters. The molecule has 14 heavy (non-hydrogen) atoms. The lowest BCUT2D eigenvalue weighted by Crippen LogP contribution is -2.20. The molecule has 0 fully saturated rings. The number of nitrogens with two attached hydrogens (primary N) is 1. The van der Waals surface area contributed by atoms with Gasteiger partial charge in [-0.1, -0.05) is 0 Å². The van der Waals surface area contributed by atoms with Crippen molar-refractivity contribution in [2.75, 3.05) is 0 Å². The van der Waals surface area contributed by atoms with E-state index in [1.54, 1.807) is 5.51 Å². The Morgan fingerprint density at radius 1 is 1.64 bits per heavy atom. The largest absolute Gasteiger partial charge is 0.369 e. The number of pyridine rings is 1. The standard InChI is InChI=1S/C8H7N3O2S/c9-5(12)1-4-2-10-8-6(7(4)13)11-3-14-8/h2-3H,1H2,(H2,9,12)(H,10,13). The molecule has 0 aromatic carbocycles. The first kappa shape index (κ1) is 8.89. The molecule has 72 valence electrons. The predicted molar refractivity (Wildman–Crippen MR) is 53.1 cm³/mol. The average molecular weight is 209 g/mol. The van der Waals surface area contributed by atoms with E-state index in [0.29, 0.717) is 15.9 Å². The van der Waals surface area contributed by atoms with E-state index in [1.807, 2.05) is 0 Å². The Bertz CT molecular complexity index is 543. The second-order valence-corrected chi connectivity index (χ2v) is 3.67. The third kappa shape index (κ3) is 1.39. The van der Waals surface area contributed by atoms with Crippen molar-refractivity contribution in [1.82, 2.24) is 9.97 Å². The second-order valence-electron chi connectivity index (χ2n) is 2.82. The van der Waals surface area contributed by atoms with Crippen LogP contribution in [0.15, 0.2) is 16.5 Å². The number of aromatic nitrogens is 2. The van der Waals surface area contributed by atoms with Gasteiger partial charge >= 0.3 is 0 Å². The average Bonchev–Trinajstić information content (AvgIpc) is 2.57. The lowest BCUT2D eigenvalue weighted by molar-refractivity contribution is -0.117. The number of carbonyl (C=O) groups is 1. The number of carbonyl (C=O) groups excluding carboxylic acids is 1. The molecule has 2 aromatic rings. The van der Waals surface area contributed by atoms with Gasteiger partial charge in [0.05, 0.1) is 11.9 Å². The van der Waals surface area contributed by atoms with Crippen LogP contribution in [-0.2, 0) is 11.2 Å². The number of amides is 1. The van der Waals surface area contributed by atoms with Gasteiger partial charge in [-0.25, -0.2) is 4.98 Å². The predicted octanol–water partition coefficient (Wildman–Crippen LogP) is 0.0124. The summed E-state index contributed by atoms with van der Waals surface area (Å²) in [5.74, 6) is -0.523. The number of hydrogen-bond acceptors (Lipinski definition) is 4. The smallest absolute Gasteiger partial charge is 0.222 e. The summed E-state index contributed by atoms with van der Waals surface area (Å²) in [6.07, 6.45) is 1.45. The molecule has 0 saturated heterocycles. The molecule has 0 unspecified atom stereocenters. The highest BCUT2D eigenvalue weighted by Gasteiger charge is 2.08. The van der Waals surface area contributed by atoms with Gasteiger partial charge in [0.1, 0.15) is 10.3 Å². The number of rotatable bonds is 2. The Balaban J connectivity index is 2.62. The number of nitrogens with zero attached hydrogens (tertiary/aromatic N) is 1. The first-order chi connectivity index (χ1) is 6.68. The number of primary amides is 1. The van der Waals surface area contributed by atoms with Crippen LogP contribution in [0.4, 0.5) is 0 Å². The minimum Gasteiger partial charge on any atom is -0.369 e. The van der Waals surface area contributed by atoms with Crippen molar-refractivity contribution >= 4 is 27.6 Å². The number of H-pyrrole nitrogens is 1. The molecule has 1 amide bonds. The summed E-state index contributed by atoms with van der Waals surface area (Å²) < 4.78 is 0. The van der Waals surface area contributed by atoms with Crippen LogP contribution >= 0.6 is 11.3 Å². The maximum absolute atomic E-state index is 11.6. The number of hydrogen-bond donors (Lipinski definition) is 2. The Morgan fingerprint density at radius 3 is 3.14 bits per heavy atom. The summed E-state index contributed by atoms with van der Waals surface area (Å²) in [7, 11) is 0. The van der Waals surface area contributed by atoms with Gasteiger partial charge in [0.2, 0.25) is 11.3 Å². The molecule has 5 nitrogen and oxygen atoms in total. The van der Waals surface area contributed by atoms with Crippen LogP contribution in [0.5, 0.6) is 0 Å². The van der Waals surface area contributed by atoms with Gasteiger partial charge in [-0.05, 0) is 0 Å². The minimum atomic E-state index is -0.523. The van der Waals surface area contributed by atoms with Gasteiger partial charge in [0, 0.05) is 11.8 Å². The fourth-order valence-corrected chi connectivity index (χ4v) is 1.85. The SMILES string of the molecule is NC(=O)Cc1c[nH]c2scnc2c1=O. The first-order valence-corrected chi connectivity index (χ1v) is 4.78. The molecule has 0 saturated carbocycles. The van der Waals surface area contributed by atoms with Gasteiger partial charge in [0.15, 0.2) is 0 Å². The number of fused-ring (bicyclic) bond motifs is 1. The molecule has 2 aromatic heterocycles. The van der Waals surface area contributed by atoms with Crippen molar-refractivity contribution in [3.8, 4) is 0 Å². The van der Waals surface area contributed by atoms with E-state index in [9.17, 15) is 9.59 Å². The van der Waals surface area contributed by atoms with Crippen LogP contribution in [0.25, 0.3) is 10.3 Å². The molecule has 0 aliphatic rings. The number of aromatic amines is 1. The molecule has 0 spiro atoms. The lowest BCUT2D eigenvalue weighted by atomic mass is 10.2. The van der Waals surface area contributed by atoms with Crippen molar-refractivity contribution in [2.24, 2.45) is 5.73 Å². The van der Waals surface area contributed by atoms with Crippen LogP contribution in [0.1, 0.15) is 5.56 Å². The third-order valence-corrected chi connectivity index (χ3v) is 2.57. The molecule has 0 aliphatic carbocycles. The van der Waals surface area contributed by atoms with Crippen LogP contribution < -0.4 is 11.2 Å². The highest BCUT2D eigenvalue weighted by molar-refractivity contribution is 7.16. The zero-order valence-electron chi connectivity index (χ0n) is 7.11. The lowest BCUT2D eigenvalue weighted by Gasteiger charge is -1.95. The van der Waals surface area contributed by atoms with E-state index in [0.717, 1.165) is 0 Å². The molecule has 3 N–H and O–H groups in total. The Kier molecular flexibility index (Phi) is 2.05. The molecular formula is C8H7N3O2S. The molecule has 6 heteroatoms. The summed E-state index contributed by atoms with van der Waals surface area (Å²) in [6, 6.07) is 0.